The molecule has 24 heavy (non-hydrogen) atoms. The van der Waals surface area contributed by atoms with Crippen LogP contribution >= 0.6 is 11.6 Å². The third-order valence-electron chi connectivity index (χ3n) is 3.14. The average Bonchev–Trinajstić information content (AvgIpc) is 3.25. The largest absolute Gasteiger partial charge is 0.464 e. The molecule has 1 heterocycles. The van der Waals surface area contributed by atoms with Gasteiger partial charge in [-0.1, -0.05) is 11.6 Å². The van der Waals surface area contributed by atoms with Crippen LogP contribution in [-0.4, -0.2) is 35.4 Å². The summed E-state index contributed by atoms with van der Waals surface area (Å²) in [6.45, 7) is 5.10. The molecule has 2 rings (SSSR count). The number of methoxy groups -OCH3 is 1. The molecule has 0 spiro atoms. The summed E-state index contributed by atoms with van der Waals surface area (Å²) in [5.41, 5.74) is 1.56. The first kappa shape index (κ1) is 18.1. The zero-order valence-corrected chi connectivity index (χ0v) is 14.7. The first-order valence-corrected chi connectivity index (χ1v) is 7.81. The number of carbonyl (C=O) groups is 3. The summed E-state index contributed by atoms with van der Waals surface area (Å²) >= 11 is 6.00. The van der Waals surface area contributed by atoms with Gasteiger partial charge < -0.3 is 9.47 Å². The lowest BCUT2D eigenvalue weighted by Gasteiger charge is -2.27. The Labute approximate surface area is 144 Å². The van der Waals surface area contributed by atoms with Gasteiger partial charge in [-0.25, -0.2) is 19.7 Å². The smallest absolute Gasteiger partial charge is 0.428 e. The van der Waals surface area contributed by atoms with Crippen molar-refractivity contribution < 1.29 is 23.9 Å². The molecule has 1 aromatic rings. The highest BCUT2D eigenvalue weighted by molar-refractivity contribution is 6.33. The van der Waals surface area contributed by atoms with E-state index < -0.39 is 17.7 Å². The predicted molar refractivity (Wildman–Crippen MR) is 86.1 cm³/mol. The molecular weight excluding hydrogens is 338 g/mol. The number of aromatic nitrogens is 1. The van der Waals surface area contributed by atoms with Crippen LogP contribution in [0.25, 0.3) is 0 Å². The fourth-order valence-electron chi connectivity index (χ4n) is 1.96. The van der Waals surface area contributed by atoms with Crippen LogP contribution in [0.5, 0.6) is 0 Å². The second kappa shape index (κ2) is 6.72. The number of hydrazine groups is 1. The van der Waals surface area contributed by atoms with Crippen LogP contribution in [0, 0.1) is 5.92 Å². The van der Waals surface area contributed by atoms with Gasteiger partial charge in [0.15, 0.2) is 5.69 Å². The van der Waals surface area contributed by atoms with Crippen molar-refractivity contribution in [2.45, 2.75) is 39.2 Å². The summed E-state index contributed by atoms with van der Waals surface area (Å²) in [6.07, 6.45) is 2.01. The van der Waals surface area contributed by atoms with Crippen molar-refractivity contribution in [1.29, 1.82) is 0 Å². The van der Waals surface area contributed by atoms with Crippen molar-refractivity contribution in [3.05, 3.63) is 23.0 Å². The highest BCUT2D eigenvalue weighted by Gasteiger charge is 2.37. The van der Waals surface area contributed by atoms with E-state index in [9.17, 15) is 14.4 Å². The summed E-state index contributed by atoms with van der Waals surface area (Å²) in [5, 5.41) is 1.03. The Morgan fingerprint density at radius 1 is 1.33 bits per heavy atom. The van der Waals surface area contributed by atoms with Crippen LogP contribution in [0.4, 0.5) is 4.79 Å². The summed E-state index contributed by atoms with van der Waals surface area (Å²) in [4.78, 5) is 36.5. The van der Waals surface area contributed by atoms with E-state index in [1.54, 1.807) is 20.8 Å². The molecule has 0 atom stereocenters. The van der Waals surface area contributed by atoms with Crippen LogP contribution in [-0.2, 0) is 14.3 Å². The number of halogens is 1. The van der Waals surface area contributed by atoms with Gasteiger partial charge >= 0.3 is 12.1 Å². The molecule has 9 heteroatoms. The Hall–Kier alpha value is -2.22. The number of nitrogens with zero attached hydrogens (tertiary/aromatic N) is 2. The molecule has 1 aliphatic carbocycles. The number of ether oxygens (including phenoxy) is 2. The van der Waals surface area contributed by atoms with Gasteiger partial charge in [-0.3, -0.25) is 4.79 Å². The van der Waals surface area contributed by atoms with Gasteiger partial charge in [0.05, 0.1) is 12.1 Å². The summed E-state index contributed by atoms with van der Waals surface area (Å²) in [7, 11) is 1.20. The lowest BCUT2D eigenvalue weighted by atomic mass is 10.2. The Morgan fingerprint density at radius 2 is 1.96 bits per heavy atom. The Bertz CT molecular complexity index is 661. The van der Waals surface area contributed by atoms with E-state index in [0.717, 1.165) is 9.79 Å². The van der Waals surface area contributed by atoms with Gasteiger partial charge in [0.25, 0.3) is 5.91 Å². The van der Waals surface area contributed by atoms with Gasteiger partial charge in [-0.05, 0) is 39.7 Å². The molecule has 8 nitrogen and oxygen atoms in total. The highest BCUT2D eigenvalue weighted by atomic mass is 35.5. The molecule has 1 saturated carbocycles. The second-order valence-corrected chi connectivity index (χ2v) is 6.79. The number of hydrogen-bond acceptors (Lipinski definition) is 5. The van der Waals surface area contributed by atoms with Crippen LogP contribution in [0.3, 0.4) is 0 Å². The van der Waals surface area contributed by atoms with E-state index >= 15 is 0 Å². The molecule has 1 N–H and O–H groups in total. The SMILES string of the molecule is COC(=O)c1c(Cl)ccn1N(NC(=O)OC(C)(C)C)C(=O)C1CC1. The molecule has 0 bridgehead atoms. The number of esters is 1. The van der Waals surface area contributed by atoms with Crippen molar-refractivity contribution in [2.24, 2.45) is 5.92 Å². The van der Waals surface area contributed by atoms with Crippen LogP contribution in [0.15, 0.2) is 12.3 Å². The quantitative estimate of drug-likeness (QED) is 0.662. The molecule has 1 aromatic heterocycles. The lowest BCUT2D eigenvalue weighted by molar-refractivity contribution is -0.122. The summed E-state index contributed by atoms with van der Waals surface area (Å²) < 4.78 is 11.0. The molecule has 0 aliphatic heterocycles. The minimum atomic E-state index is -0.822. The summed E-state index contributed by atoms with van der Waals surface area (Å²) in [5.74, 6) is -1.31. The van der Waals surface area contributed by atoms with E-state index in [4.69, 9.17) is 16.3 Å². The van der Waals surface area contributed by atoms with E-state index in [1.165, 1.54) is 19.4 Å². The standard InChI is InChI=1S/C15H20ClN3O5/c1-15(2,3)24-14(22)17-19(12(20)9-5-6-9)18-8-7-10(16)11(18)13(21)23-4/h7-9H,5-6H2,1-4H3,(H,17,22). The van der Waals surface area contributed by atoms with Gasteiger partial charge in [-0.15, -0.1) is 5.12 Å². The predicted octanol–water partition coefficient (Wildman–Crippen LogP) is 2.24. The van der Waals surface area contributed by atoms with Gasteiger partial charge in [-0.2, -0.15) is 0 Å². The van der Waals surface area contributed by atoms with E-state index in [1.807, 2.05) is 0 Å². The lowest BCUT2D eigenvalue weighted by Crippen LogP contribution is -2.55. The zero-order chi connectivity index (χ0) is 18.1. The molecule has 0 aromatic carbocycles. The number of carbonyl (C=O) groups excluding carboxylic acids is 3. The van der Waals surface area contributed by atoms with Crippen LogP contribution < -0.4 is 10.5 Å². The van der Waals surface area contributed by atoms with Crippen molar-refractivity contribution in [1.82, 2.24) is 10.1 Å². The van der Waals surface area contributed by atoms with Gasteiger partial charge in [0.2, 0.25) is 0 Å². The van der Waals surface area contributed by atoms with Crippen molar-refractivity contribution in [3.8, 4) is 0 Å². The summed E-state index contributed by atoms with van der Waals surface area (Å²) in [6, 6.07) is 1.43. The topological polar surface area (TPSA) is 89.9 Å². The Kier molecular flexibility index (Phi) is 5.08. The number of rotatable bonds is 3. The molecule has 1 fully saturated rings. The monoisotopic (exact) mass is 357 g/mol. The molecule has 0 radical (unpaired) electrons. The van der Waals surface area contributed by atoms with E-state index in [0.29, 0.717) is 12.8 Å². The van der Waals surface area contributed by atoms with Gasteiger partial charge in [0.1, 0.15) is 5.60 Å². The minimum absolute atomic E-state index is 0.0655. The highest BCUT2D eigenvalue weighted by Crippen LogP contribution is 2.31. The number of hydrogen-bond donors (Lipinski definition) is 1. The van der Waals surface area contributed by atoms with Crippen LogP contribution in [0.1, 0.15) is 44.1 Å². The maximum absolute atomic E-state index is 12.5. The molecule has 0 unspecified atom stereocenters. The first-order valence-electron chi connectivity index (χ1n) is 7.43. The second-order valence-electron chi connectivity index (χ2n) is 6.39. The fraction of sp³-hybridized carbons (Fsp3) is 0.533. The van der Waals surface area contributed by atoms with Gasteiger partial charge in [0, 0.05) is 12.1 Å². The fourth-order valence-corrected chi connectivity index (χ4v) is 2.18. The molecule has 1 aliphatic rings. The van der Waals surface area contributed by atoms with Crippen LogP contribution in [0.2, 0.25) is 5.02 Å². The molecule has 132 valence electrons. The van der Waals surface area contributed by atoms with E-state index in [-0.39, 0.29) is 22.5 Å². The molecular formula is C15H20ClN3O5. The Morgan fingerprint density at radius 3 is 2.46 bits per heavy atom. The van der Waals surface area contributed by atoms with Crippen molar-refractivity contribution in [3.63, 3.8) is 0 Å². The maximum Gasteiger partial charge on any atom is 0.428 e. The number of nitrogens with one attached hydrogen (secondary N) is 1. The van der Waals surface area contributed by atoms with Crippen molar-refractivity contribution >= 4 is 29.6 Å². The first-order chi connectivity index (χ1) is 11.1. The average molecular weight is 358 g/mol. The minimum Gasteiger partial charge on any atom is -0.464 e. The normalized spacial score (nSPS) is 14.0. The third kappa shape index (κ3) is 4.19. The number of amides is 2. The molecule has 2 amide bonds. The maximum atomic E-state index is 12.5. The third-order valence-corrected chi connectivity index (χ3v) is 3.45. The Balaban J connectivity index is 2.32. The zero-order valence-electron chi connectivity index (χ0n) is 14.0. The van der Waals surface area contributed by atoms with Crippen molar-refractivity contribution in [2.75, 3.05) is 12.2 Å². The van der Waals surface area contributed by atoms with E-state index in [2.05, 4.69) is 10.2 Å². The molecule has 0 saturated heterocycles.